The maximum atomic E-state index is 10.7. The van der Waals surface area contributed by atoms with Crippen molar-refractivity contribution < 1.29 is 8.83 Å². The first kappa shape index (κ1) is 62.8. The molecule has 23 rings (SSSR count). The van der Waals surface area contributed by atoms with Crippen molar-refractivity contribution in [2.45, 2.75) is 33.1 Å². The van der Waals surface area contributed by atoms with E-state index in [-0.39, 0.29) is 12.1 Å². The van der Waals surface area contributed by atoms with E-state index in [1.54, 1.807) is 0 Å². The summed E-state index contributed by atoms with van der Waals surface area (Å²) in [6, 6.07) is 126. The van der Waals surface area contributed by atoms with Gasteiger partial charge in [-0.1, -0.05) is 227 Å². The van der Waals surface area contributed by atoms with Gasteiger partial charge in [0, 0.05) is 87.7 Å². The van der Waals surface area contributed by atoms with Crippen molar-refractivity contribution in [3.8, 4) is 56.5 Å². The molecule has 2 aliphatic rings. The smallest absolute Gasteiger partial charge is 0.252 e. The van der Waals surface area contributed by atoms with Crippen LogP contribution >= 0.6 is 0 Å². The molecule has 0 unspecified atom stereocenters. The zero-order valence-electron chi connectivity index (χ0n) is 61.3. The summed E-state index contributed by atoms with van der Waals surface area (Å²) in [5, 5.41) is 21.7. The number of para-hydroxylation sites is 8. The van der Waals surface area contributed by atoms with E-state index in [9.17, 15) is 5.26 Å². The largest absolute Gasteiger partial charge is 0.456 e. The number of nitrogens with zero attached hydrogens (tertiary/aromatic N) is 6. The fourth-order valence-electron chi connectivity index (χ4n) is 18.9. The third-order valence-corrected chi connectivity index (χ3v) is 23.8. The maximum absolute atomic E-state index is 10.7. The molecule has 111 heavy (non-hydrogen) atoms. The predicted octanol–water partition coefficient (Wildman–Crippen LogP) is 25.3. The van der Waals surface area contributed by atoms with Gasteiger partial charge in [0.15, 0.2) is 0 Å². The summed E-state index contributed by atoms with van der Waals surface area (Å²) >= 11 is 0. The molecule has 21 aromatic rings. The van der Waals surface area contributed by atoms with Crippen LogP contribution in [0.15, 0.2) is 342 Å². The van der Waals surface area contributed by atoms with Crippen LogP contribution in [0.25, 0.3) is 160 Å². The second kappa shape index (κ2) is 23.6. The van der Waals surface area contributed by atoms with Crippen molar-refractivity contribution in [2.24, 2.45) is 0 Å². The van der Waals surface area contributed by atoms with Crippen molar-refractivity contribution in [3.05, 3.63) is 350 Å². The molecule has 16 aromatic carbocycles. The van der Waals surface area contributed by atoms with Crippen molar-refractivity contribution in [2.75, 3.05) is 9.80 Å². The van der Waals surface area contributed by atoms with Crippen LogP contribution < -0.4 is 26.2 Å². The lowest BCUT2D eigenvalue weighted by atomic mass is 9.33. The first-order valence-electron chi connectivity index (χ1n) is 38.2. The summed E-state index contributed by atoms with van der Waals surface area (Å²) in [4.78, 5) is 5.35. The number of aromatic nitrogens is 3. The molecular formula is C102H67BN6O2. The average molecular weight is 1420 g/mol. The minimum atomic E-state index is -0.336. The van der Waals surface area contributed by atoms with Crippen LogP contribution in [0.4, 0.5) is 34.1 Å². The standard InChI is InChI=1S/C102H67BN6O2/c1-61-51-78(66-42-46-77-75-30-13-20-39-95(75)111-98(77)56-66)101(94(52-61)107-85-35-17-10-27-72(85)73-28-11-18-36-86(73)107)108-89-49-43-64(63-23-6-5-7-24-63)55-82(89)103-81-47-45-67(102(2,3)4)57-91(81)109(93-59-68(58-92(108)99(93)103)105-83-33-15-8-25-70(83)71-26-9-16-34-84(71)105)100-69(65-44-50-97-80(54-65)76-31-14-21-40-96(76)110-97)32-22-38-90(100)106-87-37-19-12-29-74(87)79-53-62(60-104)41-48-88(79)106/h5-59H,1-4H3. The van der Waals surface area contributed by atoms with E-state index in [1.165, 1.54) is 38.0 Å². The van der Waals surface area contributed by atoms with Crippen LogP contribution in [0, 0.1) is 18.3 Å². The summed E-state index contributed by atoms with van der Waals surface area (Å²) in [5.74, 6) is 0. The molecular weight excluding hydrogens is 1350 g/mol. The number of hydrogen-bond donors (Lipinski definition) is 0. The highest BCUT2D eigenvalue weighted by atomic mass is 16.3. The number of nitriles is 1. The van der Waals surface area contributed by atoms with Crippen molar-refractivity contribution in [1.29, 1.82) is 5.26 Å². The van der Waals surface area contributed by atoms with Crippen LogP contribution in [0.2, 0.25) is 0 Å². The number of furan rings is 2. The lowest BCUT2D eigenvalue weighted by molar-refractivity contribution is 0.590. The molecule has 7 heterocycles. The molecule has 0 amide bonds. The molecule has 0 bridgehead atoms. The van der Waals surface area contributed by atoms with Gasteiger partial charge >= 0.3 is 0 Å². The zero-order chi connectivity index (χ0) is 73.6. The number of hydrogen-bond acceptors (Lipinski definition) is 5. The van der Waals surface area contributed by atoms with Crippen molar-refractivity contribution >= 4 is 167 Å². The molecule has 0 aliphatic carbocycles. The molecule has 2 aliphatic heterocycles. The molecule has 8 nitrogen and oxygen atoms in total. The number of benzene rings is 16. The third kappa shape index (κ3) is 9.23. The zero-order valence-corrected chi connectivity index (χ0v) is 61.3. The highest BCUT2D eigenvalue weighted by Gasteiger charge is 2.47. The van der Waals surface area contributed by atoms with Crippen LogP contribution in [-0.2, 0) is 5.41 Å². The van der Waals surface area contributed by atoms with Crippen LogP contribution in [0.3, 0.4) is 0 Å². The Balaban J connectivity index is 0.926. The molecule has 0 fully saturated rings. The van der Waals surface area contributed by atoms with Crippen molar-refractivity contribution in [3.63, 3.8) is 0 Å². The topological polar surface area (TPSA) is 71.3 Å². The highest BCUT2D eigenvalue weighted by Crippen LogP contribution is 2.55. The Bertz CT molecular complexity index is 7530. The second-order valence-electron chi connectivity index (χ2n) is 31.1. The number of anilines is 6. The Morgan fingerprint density at radius 2 is 0.820 bits per heavy atom. The van der Waals surface area contributed by atoms with Gasteiger partial charge in [0.2, 0.25) is 0 Å². The lowest BCUT2D eigenvalue weighted by Crippen LogP contribution is -2.61. The normalized spacial score (nSPS) is 12.8. The predicted molar refractivity (Wildman–Crippen MR) is 462 cm³/mol. The van der Waals surface area contributed by atoms with Gasteiger partial charge in [0.05, 0.1) is 73.2 Å². The van der Waals surface area contributed by atoms with Gasteiger partial charge in [-0.05, 0) is 190 Å². The second-order valence-corrected chi connectivity index (χ2v) is 31.1. The molecule has 0 saturated heterocycles. The summed E-state index contributed by atoms with van der Waals surface area (Å²) in [7, 11) is 0. The van der Waals surface area contributed by atoms with E-state index in [2.05, 4.69) is 379 Å². The quantitative estimate of drug-likeness (QED) is 0.142. The van der Waals surface area contributed by atoms with E-state index < -0.39 is 0 Å². The summed E-state index contributed by atoms with van der Waals surface area (Å²) < 4.78 is 21.1. The molecule has 0 spiro atoms. The highest BCUT2D eigenvalue weighted by molar-refractivity contribution is 7.00. The number of fused-ring (bicyclic) bond motifs is 19. The average Bonchev–Trinajstić information content (AvgIpc) is 0.812. The monoisotopic (exact) mass is 1420 g/mol. The Kier molecular flexibility index (Phi) is 13.4. The molecule has 9 heteroatoms. The number of rotatable bonds is 8. The van der Waals surface area contributed by atoms with Gasteiger partial charge in [-0.15, -0.1) is 0 Å². The molecule has 5 aromatic heterocycles. The Morgan fingerprint density at radius 3 is 1.47 bits per heavy atom. The van der Waals surface area contributed by atoms with Crippen LogP contribution in [-0.4, -0.2) is 20.4 Å². The minimum Gasteiger partial charge on any atom is -0.456 e. The van der Waals surface area contributed by atoms with Gasteiger partial charge in [-0.3, -0.25) is 0 Å². The summed E-state index contributed by atoms with van der Waals surface area (Å²) in [6.45, 7) is 8.93. The van der Waals surface area contributed by atoms with E-state index in [0.29, 0.717) is 5.56 Å². The Labute approximate surface area is 640 Å². The van der Waals surface area contributed by atoms with Gasteiger partial charge in [-0.25, -0.2) is 0 Å². The Morgan fingerprint density at radius 1 is 0.306 bits per heavy atom. The summed E-state index contributed by atoms with van der Waals surface area (Å²) in [5.41, 5.74) is 31.5. The number of aryl methyl sites for hydroxylation is 1. The fraction of sp³-hybridized carbons (Fsp3) is 0.0490. The fourth-order valence-corrected chi connectivity index (χ4v) is 18.9. The van der Waals surface area contributed by atoms with Gasteiger partial charge in [0.25, 0.3) is 6.71 Å². The van der Waals surface area contributed by atoms with E-state index in [1.807, 2.05) is 12.1 Å². The van der Waals surface area contributed by atoms with Crippen LogP contribution in [0.1, 0.15) is 37.5 Å². The molecule has 0 atom stereocenters. The van der Waals surface area contributed by atoms with E-state index in [4.69, 9.17) is 8.83 Å². The molecule has 520 valence electrons. The Hall–Kier alpha value is -14.3. The molecule has 0 N–H and O–H groups in total. The first-order chi connectivity index (χ1) is 54.6. The molecule has 0 saturated carbocycles. The SMILES string of the molecule is Cc1cc(-c2ccc3c(c2)oc2ccccc23)c(N2c3ccc(-c4ccccc4)cc3B3c4ccc(C(C)(C)C)cc4N(c4c(-c5ccc6oc7ccccc7c6c5)cccc4-n4c5ccccc5c5cc(C#N)ccc54)c4cc(-n5c6ccccc6c6ccccc65)cc2c43)c(-n2c3ccccc3c3ccccc32)c1. The first-order valence-corrected chi connectivity index (χ1v) is 38.2. The minimum absolute atomic E-state index is 0.282. The van der Waals surface area contributed by atoms with Gasteiger partial charge < -0.3 is 32.3 Å². The van der Waals surface area contributed by atoms with Crippen molar-refractivity contribution in [1.82, 2.24) is 13.7 Å². The summed E-state index contributed by atoms with van der Waals surface area (Å²) in [6.07, 6.45) is 0. The van der Waals surface area contributed by atoms with Gasteiger partial charge in [-0.2, -0.15) is 5.26 Å². The molecule has 0 radical (unpaired) electrons. The third-order valence-electron chi connectivity index (χ3n) is 23.8. The van der Waals surface area contributed by atoms with E-state index in [0.717, 1.165) is 183 Å². The lowest BCUT2D eigenvalue weighted by Gasteiger charge is -2.46. The maximum Gasteiger partial charge on any atom is 0.252 e. The van der Waals surface area contributed by atoms with E-state index >= 15 is 0 Å². The van der Waals surface area contributed by atoms with Gasteiger partial charge in [0.1, 0.15) is 22.3 Å². The van der Waals surface area contributed by atoms with Crippen LogP contribution in [0.5, 0.6) is 0 Å².